The Bertz CT molecular complexity index is 789. The van der Waals surface area contributed by atoms with Gasteiger partial charge in [0.2, 0.25) is 5.91 Å². The van der Waals surface area contributed by atoms with Crippen molar-refractivity contribution in [2.24, 2.45) is 0 Å². The highest BCUT2D eigenvalue weighted by Crippen LogP contribution is 2.20. The lowest BCUT2D eigenvalue weighted by molar-refractivity contribution is -0.116. The lowest BCUT2D eigenvalue weighted by Gasteiger charge is -2.11. The number of nitrogens with zero attached hydrogens (tertiary/aromatic N) is 1. The Morgan fingerprint density at radius 2 is 1.88 bits per heavy atom. The van der Waals surface area contributed by atoms with Crippen LogP contribution in [0.15, 0.2) is 42.5 Å². The molecular weight excluding hydrogens is 304 g/mol. The second kappa shape index (κ2) is 7.93. The quantitative estimate of drug-likeness (QED) is 0.857. The summed E-state index contributed by atoms with van der Waals surface area (Å²) in [7, 11) is 1.32. The van der Waals surface area contributed by atoms with Crippen LogP contribution in [0.4, 0.5) is 5.69 Å². The van der Waals surface area contributed by atoms with Gasteiger partial charge in [-0.05, 0) is 48.7 Å². The van der Waals surface area contributed by atoms with Crippen LogP contribution in [0, 0.1) is 18.3 Å². The summed E-state index contributed by atoms with van der Waals surface area (Å²) in [5, 5.41) is 11.6. The first-order valence-electron chi connectivity index (χ1n) is 7.52. The van der Waals surface area contributed by atoms with E-state index in [2.05, 4.69) is 11.4 Å². The molecular formula is C19H18N2O3. The van der Waals surface area contributed by atoms with Crippen LogP contribution in [-0.4, -0.2) is 19.0 Å². The Labute approximate surface area is 140 Å². The fourth-order valence-corrected chi connectivity index (χ4v) is 2.32. The molecule has 2 aromatic carbocycles. The number of hydrogen-bond acceptors (Lipinski definition) is 4. The summed E-state index contributed by atoms with van der Waals surface area (Å²) in [6.07, 6.45) is 0.890. The molecule has 1 N–H and O–H groups in total. The number of aryl methyl sites for hydroxylation is 1. The Hall–Kier alpha value is -3.13. The fourth-order valence-electron chi connectivity index (χ4n) is 2.32. The van der Waals surface area contributed by atoms with E-state index in [1.807, 2.05) is 12.1 Å². The molecule has 0 fully saturated rings. The first-order valence-corrected chi connectivity index (χ1v) is 7.52. The highest BCUT2D eigenvalue weighted by Gasteiger charge is 2.13. The smallest absolute Gasteiger partial charge is 0.338 e. The van der Waals surface area contributed by atoms with E-state index in [0.717, 1.165) is 5.56 Å². The first-order chi connectivity index (χ1) is 11.5. The highest BCUT2D eigenvalue weighted by molar-refractivity contribution is 5.96. The van der Waals surface area contributed by atoms with Gasteiger partial charge in [0.25, 0.3) is 0 Å². The van der Waals surface area contributed by atoms with Crippen LogP contribution in [0.1, 0.15) is 33.5 Å². The monoisotopic (exact) mass is 322 g/mol. The van der Waals surface area contributed by atoms with Gasteiger partial charge in [-0.1, -0.05) is 18.2 Å². The highest BCUT2D eigenvalue weighted by atomic mass is 16.5. The average Bonchev–Trinajstić information content (AvgIpc) is 2.61. The summed E-state index contributed by atoms with van der Waals surface area (Å²) in [6.45, 7) is 1.77. The van der Waals surface area contributed by atoms with Crippen molar-refractivity contribution < 1.29 is 14.3 Å². The van der Waals surface area contributed by atoms with Crippen molar-refractivity contribution in [3.8, 4) is 6.07 Å². The maximum atomic E-state index is 12.1. The molecule has 0 aromatic heterocycles. The average molecular weight is 322 g/mol. The molecule has 0 radical (unpaired) electrons. The van der Waals surface area contributed by atoms with E-state index in [4.69, 9.17) is 10.00 Å². The molecule has 24 heavy (non-hydrogen) atoms. The number of hydrogen-bond donors (Lipinski definition) is 1. The third-order valence-electron chi connectivity index (χ3n) is 3.74. The number of esters is 1. The molecule has 0 saturated carbocycles. The maximum Gasteiger partial charge on any atom is 0.338 e. The van der Waals surface area contributed by atoms with E-state index < -0.39 is 5.97 Å². The Morgan fingerprint density at radius 1 is 1.17 bits per heavy atom. The van der Waals surface area contributed by atoms with Gasteiger partial charge in [0.1, 0.15) is 0 Å². The molecule has 0 aliphatic rings. The first kappa shape index (κ1) is 17.2. The molecule has 1 amide bonds. The number of nitrogens with one attached hydrogen (secondary N) is 1. The number of carbonyl (C=O) groups excluding carboxylic acids is 2. The minimum atomic E-state index is -0.429. The molecule has 0 aliphatic heterocycles. The van der Waals surface area contributed by atoms with Gasteiger partial charge in [0, 0.05) is 12.1 Å². The van der Waals surface area contributed by atoms with Gasteiger partial charge in [0.05, 0.1) is 24.3 Å². The van der Waals surface area contributed by atoms with E-state index >= 15 is 0 Å². The molecule has 2 rings (SSSR count). The number of nitriles is 1. The van der Waals surface area contributed by atoms with E-state index in [0.29, 0.717) is 35.2 Å². The SMILES string of the molecule is COC(=O)c1cccc(NC(=O)CCc2ccc(C#N)cc2)c1C. The predicted molar refractivity (Wildman–Crippen MR) is 90.6 cm³/mol. The molecule has 0 atom stereocenters. The van der Waals surface area contributed by atoms with Gasteiger partial charge in [-0.15, -0.1) is 0 Å². The number of ether oxygens (including phenoxy) is 1. The van der Waals surface area contributed by atoms with E-state index in [-0.39, 0.29) is 5.91 Å². The minimum Gasteiger partial charge on any atom is -0.465 e. The van der Waals surface area contributed by atoms with Crippen molar-refractivity contribution in [2.75, 3.05) is 12.4 Å². The summed E-state index contributed by atoms with van der Waals surface area (Å²) >= 11 is 0. The zero-order chi connectivity index (χ0) is 17.5. The van der Waals surface area contributed by atoms with E-state index in [1.54, 1.807) is 37.3 Å². The van der Waals surface area contributed by atoms with Gasteiger partial charge in [-0.2, -0.15) is 5.26 Å². The van der Waals surface area contributed by atoms with Gasteiger partial charge in [0.15, 0.2) is 0 Å². The van der Waals surface area contributed by atoms with Crippen molar-refractivity contribution >= 4 is 17.6 Å². The van der Waals surface area contributed by atoms with Crippen LogP contribution in [0.2, 0.25) is 0 Å². The van der Waals surface area contributed by atoms with Gasteiger partial charge in [-0.25, -0.2) is 4.79 Å². The fraction of sp³-hybridized carbons (Fsp3) is 0.211. The lowest BCUT2D eigenvalue weighted by Crippen LogP contribution is -2.14. The van der Waals surface area contributed by atoms with E-state index in [9.17, 15) is 9.59 Å². The van der Waals surface area contributed by atoms with Crippen LogP contribution in [0.25, 0.3) is 0 Å². The van der Waals surface area contributed by atoms with Crippen molar-refractivity contribution in [1.82, 2.24) is 0 Å². The predicted octanol–water partition coefficient (Wildman–Crippen LogP) is 3.22. The van der Waals surface area contributed by atoms with E-state index in [1.165, 1.54) is 7.11 Å². The number of methoxy groups -OCH3 is 1. The van der Waals surface area contributed by atoms with Crippen LogP contribution in [0.5, 0.6) is 0 Å². The number of benzene rings is 2. The molecule has 2 aromatic rings. The maximum absolute atomic E-state index is 12.1. The van der Waals surface area contributed by atoms with Crippen LogP contribution < -0.4 is 5.32 Å². The van der Waals surface area contributed by atoms with Crippen molar-refractivity contribution in [3.05, 3.63) is 64.7 Å². The van der Waals surface area contributed by atoms with Gasteiger partial charge in [-0.3, -0.25) is 4.79 Å². The summed E-state index contributed by atoms with van der Waals surface area (Å²) in [6, 6.07) is 14.3. The van der Waals surface area contributed by atoms with Crippen LogP contribution in [-0.2, 0) is 16.0 Å². The number of carbonyl (C=O) groups is 2. The number of amides is 1. The molecule has 0 heterocycles. The Kier molecular flexibility index (Phi) is 5.69. The number of rotatable bonds is 5. The molecule has 5 heteroatoms. The van der Waals surface area contributed by atoms with Gasteiger partial charge >= 0.3 is 5.97 Å². The molecule has 5 nitrogen and oxygen atoms in total. The summed E-state index contributed by atoms with van der Waals surface area (Å²) < 4.78 is 4.73. The topological polar surface area (TPSA) is 79.2 Å². The zero-order valence-corrected chi connectivity index (χ0v) is 13.6. The second-order valence-electron chi connectivity index (χ2n) is 5.33. The molecule has 0 aliphatic carbocycles. The second-order valence-corrected chi connectivity index (χ2v) is 5.33. The summed E-state index contributed by atoms with van der Waals surface area (Å²) in [4.78, 5) is 23.8. The minimum absolute atomic E-state index is 0.135. The van der Waals surface area contributed by atoms with Crippen molar-refractivity contribution in [3.63, 3.8) is 0 Å². The molecule has 122 valence electrons. The van der Waals surface area contributed by atoms with Crippen molar-refractivity contribution in [2.45, 2.75) is 19.8 Å². The largest absolute Gasteiger partial charge is 0.465 e. The molecule has 0 saturated heterocycles. The molecule has 0 bridgehead atoms. The third kappa shape index (κ3) is 4.20. The van der Waals surface area contributed by atoms with Crippen molar-refractivity contribution in [1.29, 1.82) is 5.26 Å². The lowest BCUT2D eigenvalue weighted by atomic mass is 10.1. The summed E-state index contributed by atoms with van der Waals surface area (Å²) in [5.41, 5.74) is 3.30. The van der Waals surface area contributed by atoms with Gasteiger partial charge < -0.3 is 10.1 Å². The zero-order valence-electron chi connectivity index (χ0n) is 13.6. The summed E-state index contributed by atoms with van der Waals surface area (Å²) in [5.74, 6) is -0.564. The Balaban J connectivity index is 1.99. The van der Waals surface area contributed by atoms with Crippen LogP contribution >= 0.6 is 0 Å². The molecule has 0 unspecified atom stereocenters. The standard InChI is InChI=1S/C19H18N2O3/c1-13-16(19(23)24-2)4-3-5-17(13)21-18(22)11-10-14-6-8-15(12-20)9-7-14/h3-9H,10-11H2,1-2H3,(H,21,22). The van der Waals surface area contributed by atoms with Crippen LogP contribution in [0.3, 0.4) is 0 Å². The molecule has 0 spiro atoms. The third-order valence-corrected chi connectivity index (χ3v) is 3.74. The Morgan fingerprint density at radius 3 is 2.50 bits per heavy atom. The normalized spacial score (nSPS) is 9.88. The number of anilines is 1.